The lowest BCUT2D eigenvalue weighted by atomic mass is 9.98. The first kappa shape index (κ1) is 15.2. The maximum atomic E-state index is 9.35. The van der Waals surface area contributed by atoms with Gasteiger partial charge in [0.2, 0.25) is 0 Å². The summed E-state index contributed by atoms with van der Waals surface area (Å²) in [6, 6.07) is 0. The zero-order valence-electron chi connectivity index (χ0n) is 12.2. The van der Waals surface area contributed by atoms with Crippen LogP contribution in [0.25, 0.3) is 0 Å². The number of nitrogens with zero attached hydrogens (tertiary/aromatic N) is 3. The van der Waals surface area contributed by atoms with E-state index in [9.17, 15) is 5.11 Å². The second-order valence-electron chi connectivity index (χ2n) is 5.38. The molecule has 1 unspecified atom stereocenters. The van der Waals surface area contributed by atoms with Gasteiger partial charge in [-0.3, -0.25) is 0 Å². The molecule has 0 amide bonds. The van der Waals surface area contributed by atoms with Crippen molar-refractivity contribution >= 4 is 0 Å². The molecule has 1 atom stereocenters. The number of aliphatic hydroxyl groups excluding tert-OH is 1. The van der Waals surface area contributed by atoms with Gasteiger partial charge in [-0.1, -0.05) is 40.5 Å². The van der Waals surface area contributed by atoms with Crippen LogP contribution in [0.15, 0.2) is 0 Å². The Bertz CT molecular complexity index is 347. The molecule has 0 radical (unpaired) electrons. The van der Waals surface area contributed by atoms with Crippen molar-refractivity contribution in [2.24, 2.45) is 5.92 Å². The number of rotatable bonds is 8. The molecule has 0 aliphatic heterocycles. The van der Waals surface area contributed by atoms with Gasteiger partial charge in [0.15, 0.2) is 5.82 Å². The molecule has 104 valence electrons. The van der Waals surface area contributed by atoms with Gasteiger partial charge in [0.25, 0.3) is 0 Å². The van der Waals surface area contributed by atoms with Crippen molar-refractivity contribution in [3.8, 4) is 0 Å². The van der Waals surface area contributed by atoms with E-state index in [2.05, 4.69) is 42.5 Å². The molecule has 1 N–H and O–H groups in total. The number of aromatic nitrogens is 3. The lowest BCUT2D eigenvalue weighted by Gasteiger charge is -2.17. The summed E-state index contributed by atoms with van der Waals surface area (Å²) in [6.07, 6.45) is 4.68. The molecule has 0 aromatic carbocycles. The quantitative estimate of drug-likeness (QED) is 0.774. The topological polar surface area (TPSA) is 50.9 Å². The molecule has 4 nitrogen and oxygen atoms in total. The molecule has 1 aromatic heterocycles. The van der Waals surface area contributed by atoms with Crippen LogP contribution in [-0.2, 0) is 13.2 Å². The SMILES string of the molecule is CCCCC(CC)c1nnc(CO)n1CC(C)C. The van der Waals surface area contributed by atoms with E-state index in [0.29, 0.717) is 17.7 Å². The van der Waals surface area contributed by atoms with Crippen molar-refractivity contribution in [2.75, 3.05) is 0 Å². The van der Waals surface area contributed by atoms with Crippen LogP contribution in [-0.4, -0.2) is 19.9 Å². The first-order valence-corrected chi connectivity index (χ1v) is 7.16. The average Bonchev–Trinajstić information content (AvgIpc) is 2.73. The Hall–Kier alpha value is -0.900. The highest BCUT2D eigenvalue weighted by Gasteiger charge is 2.19. The Morgan fingerprint density at radius 1 is 1.22 bits per heavy atom. The van der Waals surface area contributed by atoms with Crippen molar-refractivity contribution in [3.05, 3.63) is 11.6 Å². The Balaban J connectivity index is 2.94. The second kappa shape index (κ2) is 7.52. The van der Waals surface area contributed by atoms with Crippen molar-refractivity contribution in [1.29, 1.82) is 0 Å². The molecule has 0 spiro atoms. The van der Waals surface area contributed by atoms with Gasteiger partial charge in [-0.25, -0.2) is 0 Å². The van der Waals surface area contributed by atoms with Crippen LogP contribution >= 0.6 is 0 Å². The number of hydrogen-bond acceptors (Lipinski definition) is 3. The zero-order chi connectivity index (χ0) is 13.5. The van der Waals surface area contributed by atoms with Gasteiger partial charge in [-0.2, -0.15) is 0 Å². The third kappa shape index (κ3) is 3.80. The first-order chi connectivity index (χ1) is 8.63. The minimum Gasteiger partial charge on any atom is -0.388 e. The fourth-order valence-corrected chi connectivity index (χ4v) is 2.30. The summed E-state index contributed by atoms with van der Waals surface area (Å²) in [5.74, 6) is 2.77. The zero-order valence-corrected chi connectivity index (χ0v) is 12.2. The molecule has 0 bridgehead atoms. The van der Waals surface area contributed by atoms with Gasteiger partial charge in [-0.15, -0.1) is 10.2 Å². The predicted molar refractivity (Wildman–Crippen MR) is 73.3 cm³/mol. The third-order valence-corrected chi connectivity index (χ3v) is 3.31. The minimum atomic E-state index is -0.0239. The largest absolute Gasteiger partial charge is 0.388 e. The molecule has 0 aliphatic carbocycles. The maximum Gasteiger partial charge on any atom is 0.158 e. The van der Waals surface area contributed by atoms with Gasteiger partial charge < -0.3 is 9.67 Å². The van der Waals surface area contributed by atoms with Crippen LogP contribution < -0.4 is 0 Å². The predicted octanol–water partition coefficient (Wildman–Crippen LogP) is 3.11. The highest BCUT2D eigenvalue weighted by molar-refractivity contribution is 5.02. The van der Waals surface area contributed by atoms with E-state index in [-0.39, 0.29) is 6.61 Å². The summed E-state index contributed by atoms with van der Waals surface area (Å²) in [6.45, 7) is 9.64. The van der Waals surface area contributed by atoms with E-state index in [1.54, 1.807) is 0 Å². The van der Waals surface area contributed by atoms with E-state index in [4.69, 9.17) is 0 Å². The van der Waals surface area contributed by atoms with Crippen molar-refractivity contribution in [1.82, 2.24) is 14.8 Å². The van der Waals surface area contributed by atoms with Crippen LogP contribution in [0.4, 0.5) is 0 Å². The normalized spacial score (nSPS) is 13.2. The van der Waals surface area contributed by atoms with Gasteiger partial charge in [-0.05, 0) is 18.8 Å². The Kier molecular flexibility index (Phi) is 6.33. The molecule has 0 aliphatic rings. The highest BCUT2D eigenvalue weighted by Crippen LogP contribution is 2.25. The minimum absolute atomic E-state index is 0.0239. The second-order valence-corrected chi connectivity index (χ2v) is 5.38. The summed E-state index contributed by atoms with van der Waals surface area (Å²) < 4.78 is 2.12. The number of aliphatic hydroxyl groups is 1. The number of unbranched alkanes of at least 4 members (excludes halogenated alkanes) is 1. The van der Waals surface area contributed by atoms with Gasteiger partial charge in [0.1, 0.15) is 12.4 Å². The molecular formula is C14H27N3O. The summed E-state index contributed by atoms with van der Waals surface area (Å²) in [7, 11) is 0. The van der Waals surface area contributed by atoms with Crippen molar-refractivity contribution in [3.63, 3.8) is 0 Å². The summed E-state index contributed by atoms with van der Waals surface area (Å²) in [5.41, 5.74) is 0. The number of hydrogen-bond donors (Lipinski definition) is 1. The standard InChI is InChI=1S/C14H27N3O/c1-5-7-8-12(6-2)14-16-15-13(10-18)17(14)9-11(3)4/h11-12,18H,5-10H2,1-4H3. The van der Waals surface area contributed by atoms with Crippen LogP contribution in [0.5, 0.6) is 0 Å². The first-order valence-electron chi connectivity index (χ1n) is 7.16. The smallest absolute Gasteiger partial charge is 0.158 e. The molecule has 0 saturated heterocycles. The third-order valence-electron chi connectivity index (χ3n) is 3.31. The lowest BCUT2D eigenvalue weighted by Crippen LogP contribution is -2.15. The average molecular weight is 253 g/mol. The summed E-state index contributed by atoms with van der Waals surface area (Å²) in [4.78, 5) is 0. The van der Waals surface area contributed by atoms with Gasteiger partial charge >= 0.3 is 0 Å². The van der Waals surface area contributed by atoms with Crippen LogP contribution in [0.1, 0.15) is 70.9 Å². The Morgan fingerprint density at radius 3 is 2.44 bits per heavy atom. The lowest BCUT2D eigenvalue weighted by molar-refractivity contribution is 0.261. The van der Waals surface area contributed by atoms with Gasteiger partial charge in [0, 0.05) is 12.5 Å². The Morgan fingerprint density at radius 2 is 1.94 bits per heavy atom. The van der Waals surface area contributed by atoms with Crippen molar-refractivity contribution in [2.45, 2.75) is 72.4 Å². The Labute approximate surface area is 110 Å². The van der Waals surface area contributed by atoms with Crippen LogP contribution in [0.3, 0.4) is 0 Å². The maximum absolute atomic E-state index is 9.35. The van der Waals surface area contributed by atoms with Gasteiger partial charge in [0.05, 0.1) is 0 Å². The summed E-state index contributed by atoms with van der Waals surface area (Å²) >= 11 is 0. The van der Waals surface area contributed by atoms with Crippen molar-refractivity contribution < 1.29 is 5.11 Å². The fourth-order valence-electron chi connectivity index (χ4n) is 2.30. The molecule has 18 heavy (non-hydrogen) atoms. The molecule has 0 fully saturated rings. The molecule has 4 heteroatoms. The van der Waals surface area contributed by atoms with E-state index in [1.807, 2.05) is 0 Å². The van der Waals surface area contributed by atoms with Crippen LogP contribution in [0, 0.1) is 5.92 Å². The fraction of sp³-hybridized carbons (Fsp3) is 0.857. The van der Waals surface area contributed by atoms with Crippen LogP contribution in [0.2, 0.25) is 0 Å². The molecule has 0 saturated carbocycles. The molecule has 1 aromatic rings. The highest BCUT2D eigenvalue weighted by atomic mass is 16.3. The molecule has 1 heterocycles. The summed E-state index contributed by atoms with van der Waals surface area (Å²) in [5, 5.41) is 17.8. The van der Waals surface area contributed by atoms with E-state index >= 15 is 0 Å². The van der Waals surface area contributed by atoms with E-state index in [1.165, 1.54) is 12.8 Å². The van der Waals surface area contributed by atoms with E-state index < -0.39 is 0 Å². The molecular weight excluding hydrogens is 226 g/mol. The van der Waals surface area contributed by atoms with E-state index in [0.717, 1.165) is 25.2 Å². The monoisotopic (exact) mass is 253 g/mol. The molecule has 1 rings (SSSR count).